The van der Waals surface area contributed by atoms with Crippen LogP contribution in [0.3, 0.4) is 0 Å². The van der Waals surface area contributed by atoms with Gasteiger partial charge >= 0.3 is 0 Å². The van der Waals surface area contributed by atoms with E-state index < -0.39 is 5.91 Å². The number of nitrogens with one attached hydrogen (secondary N) is 1. The fourth-order valence-corrected chi connectivity index (χ4v) is 3.60. The van der Waals surface area contributed by atoms with Gasteiger partial charge in [-0.15, -0.1) is 0 Å². The second-order valence-electron chi connectivity index (χ2n) is 8.06. The molecule has 2 aromatic rings. The van der Waals surface area contributed by atoms with Crippen LogP contribution < -0.4 is 16.8 Å². The van der Waals surface area contributed by atoms with Gasteiger partial charge in [0.15, 0.2) is 22.5 Å². The van der Waals surface area contributed by atoms with Crippen LogP contribution in [0.5, 0.6) is 5.75 Å². The number of quaternary nitrogens is 1. The number of amides is 1. The SMILES string of the molecule is CCCC(CNC(=O)c1nc(Cl)c(N)nc1N)[N+](C)(C)CCCc1ccc(O)cc1. The molecule has 1 aromatic carbocycles. The molecule has 30 heavy (non-hydrogen) atoms. The zero-order valence-electron chi connectivity index (χ0n) is 17.9. The van der Waals surface area contributed by atoms with Crippen LogP contribution in [-0.4, -0.2) is 58.7 Å². The number of carbonyl (C=O) groups excluding carboxylic acids is 1. The van der Waals surface area contributed by atoms with Gasteiger partial charge in [-0.1, -0.05) is 37.1 Å². The van der Waals surface area contributed by atoms with E-state index in [0.717, 1.165) is 36.7 Å². The summed E-state index contributed by atoms with van der Waals surface area (Å²) < 4.78 is 0.774. The molecule has 1 unspecified atom stereocenters. The quantitative estimate of drug-likeness (QED) is 0.425. The highest BCUT2D eigenvalue weighted by Gasteiger charge is 2.28. The van der Waals surface area contributed by atoms with E-state index >= 15 is 0 Å². The number of nitrogens with zero attached hydrogens (tertiary/aromatic N) is 3. The maximum absolute atomic E-state index is 12.6. The molecule has 0 spiro atoms. The van der Waals surface area contributed by atoms with Gasteiger partial charge < -0.3 is 26.4 Å². The zero-order chi connectivity index (χ0) is 22.3. The summed E-state index contributed by atoms with van der Waals surface area (Å²) in [6, 6.07) is 7.55. The molecule has 0 aliphatic carbocycles. The monoisotopic (exact) mass is 435 g/mol. The number of halogens is 1. The van der Waals surface area contributed by atoms with Gasteiger partial charge in [-0.05, 0) is 24.1 Å². The first kappa shape index (κ1) is 23.7. The second-order valence-corrected chi connectivity index (χ2v) is 8.42. The molecule has 0 saturated carbocycles. The van der Waals surface area contributed by atoms with E-state index in [0.29, 0.717) is 6.54 Å². The largest absolute Gasteiger partial charge is 0.508 e. The fourth-order valence-electron chi connectivity index (χ4n) is 3.47. The van der Waals surface area contributed by atoms with Crippen LogP contribution in [0.1, 0.15) is 42.2 Å². The lowest BCUT2D eigenvalue weighted by Gasteiger charge is -2.38. The number of aromatic nitrogens is 2. The molecule has 1 aromatic heterocycles. The molecule has 164 valence electrons. The summed E-state index contributed by atoms with van der Waals surface area (Å²) in [4.78, 5) is 20.4. The van der Waals surface area contributed by atoms with Crippen molar-refractivity contribution in [3.63, 3.8) is 0 Å². The number of likely N-dealkylation sites (N-methyl/N-ethyl adjacent to an activating group) is 1. The van der Waals surface area contributed by atoms with Crippen molar-refractivity contribution >= 4 is 29.1 Å². The summed E-state index contributed by atoms with van der Waals surface area (Å²) in [6.45, 7) is 3.58. The molecule has 9 heteroatoms. The van der Waals surface area contributed by atoms with Crippen molar-refractivity contribution in [1.82, 2.24) is 15.3 Å². The number of phenols is 1. The predicted molar refractivity (Wildman–Crippen MR) is 120 cm³/mol. The van der Waals surface area contributed by atoms with Crippen molar-refractivity contribution in [3.8, 4) is 5.75 Å². The van der Waals surface area contributed by atoms with Gasteiger partial charge in [-0.3, -0.25) is 4.79 Å². The van der Waals surface area contributed by atoms with Crippen molar-refractivity contribution in [2.75, 3.05) is 38.7 Å². The van der Waals surface area contributed by atoms with E-state index in [-0.39, 0.29) is 34.3 Å². The molecule has 0 radical (unpaired) electrons. The number of rotatable bonds is 10. The van der Waals surface area contributed by atoms with Crippen molar-refractivity contribution in [2.45, 2.75) is 38.6 Å². The van der Waals surface area contributed by atoms with Crippen LogP contribution in [0, 0.1) is 0 Å². The fraction of sp³-hybridized carbons (Fsp3) is 0.476. The molecule has 2 rings (SSSR count). The molecule has 0 bridgehead atoms. The average molecular weight is 436 g/mol. The number of nitrogen functional groups attached to an aromatic ring is 2. The lowest BCUT2D eigenvalue weighted by molar-refractivity contribution is -0.914. The maximum Gasteiger partial charge on any atom is 0.274 e. The van der Waals surface area contributed by atoms with Gasteiger partial charge in [0, 0.05) is 12.8 Å². The molecule has 0 aliphatic heterocycles. The predicted octanol–water partition coefficient (Wildman–Crippen LogP) is 2.61. The van der Waals surface area contributed by atoms with Crippen LogP contribution >= 0.6 is 11.6 Å². The third kappa shape index (κ3) is 6.47. The second kappa shape index (κ2) is 10.4. The normalized spacial score (nSPS) is 12.5. The third-order valence-corrected chi connectivity index (χ3v) is 5.64. The Labute approximate surface area is 182 Å². The smallest absolute Gasteiger partial charge is 0.274 e. The minimum absolute atomic E-state index is 0.000930. The Kier molecular flexibility index (Phi) is 8.25. The van der Waals surface area contributed by atoms with E-state index in [4.69, 9.17) is 23.1 Å². The number of nitrogens with two attached hydrogens (primary N) is 2. The molecule has 0 aliphatic rings. The Bertz CT molecular complexity index is 857. The third-order valence-electron chi connectivity index (χ3n) is 5.36. The van der Waals surface area contributed by atoms with Gasteiger partial charge in [0.1, 0.15) is 11.8 Å². The summed E-state index contributed by atoms with van der Waals surface area (Å²) in [7, 11) is 4.36. The molecule has 1 atom stereocenters. The van der Waals surface area contributed by atoms with Crippen molar-refractivity contribution in [3.05, 3.63) is 40.7 Å². The highest BCUT2D eigenvalue weighted by molar-refractivity contribution is 6.31. The first-order valence-electron chi connectivity index (χ1n) is 10.1. The Balaban J connectivity index is 1.96. The molecule has 1 heterocycles. The molecule has 0 fully saturated rings. The molecule has 1 amide bonds. The lowest BCUT2D eigenvalue weighted by atomic mass is 10.1. The van der Waals surface area contributed by atoms with Gasteiger partial charge in [0.05, 0.1) is 27.2 Å². The molecule has 6 N–H and O–H groups in total. The highest BCUT2D eigenvalue weighted by Crippen LogP contribution is 2.19. The van der Waals surface area contributed by atoms with Crippen LogP contribution in [0.15, 0.2) is 24.3 Å². The number of aryl methyl sites for hydroxylation is 1. The maximum atomic E-state index is 12.6. The minimum Gasteiger partial charge on any atom is -0.508 e. The molecular formula is C21H32ClN6O2+. The number of anilines is 2. The van der Waals surface area contributed by atoms with E-state index in [1.807, 2.05) is 12.1 Å². The Morgan fingerprint density at radius 1 is 1.20 bits per heavy atom. The van der Waals surface area contributed by atoms with E-state index in [1.54, 1.807) is 12.1 Å². The summed E-state index contributed by atoms with van der Waals surface area (Å²) in [5, 5.41) is 12.3. The Morgan fingerprint density at radius 2 is 1.87 bits per heavy atom. The summed E-state index contributed by atoms with van der Waals surface area (Å²) >= 11 is 5.88. The van der Waals surface area contributed by atoms with Gasteiger partial charge in [0.2, 0.25) is 0 Å². The number of hydrogen-bond donors (Lipinski definition) is 4. The topological polar surface area (TPSA) is 127 Å². The molecular weight excluding hydrogens is 404 g/mol. The average Bonchev–Trinajstić information content (AvgIpc) is 2.69. The van der Waals surface area contributed by atoms with Crippen LogP contribution in [0.25, 0.3) is 0 Å². The molecule has 0 saturated heterocycles. The number of phenolic OH excluding ortho intramolecular Hbond substituents is 1. The van der Waals surface area contributed by atoms with E-state index in [2.05, 4.69) is 36.3 Å². The first-order chi connectivity index (χ1) is 14.1. The van der Waals surface area contributed by atoms with Crippen molar-refractivity contribution < 1.29 is 14.4 Å². The van der Waals surface area contributed by atoms with Crippen molar-refractivity contribution in [1.29, 1.82) is 0 Å². The summed E-state index contributed by atoms with van der Waals surface area (Å²) in [5.41, 5.74) is 12.5. The van der Waals surface area contributed by atoms with Crippen LogP contribution in [0.4, 0.5) is 11.6 Å². The van der Waals surface area contributed by atoms with Gasteiger partial charge in [0.25, 0.3) is 5.91 Å². The number of aromatic hydroxyl groups is 1. The number of benzene rings is 1. The molecule has 8 nitrogen and oxygen atoms in total. The standard InChI is InChI=1S/C21H31ClN6O2/c1-4-6-15(13-25-21(30)17-19(23)27-20(24)18(22)26-17)28(2,3)12-5-7-14-8-10-16(29)11-9-14/h8-11,15H,4-7,12-13H2,1-3H3,(H5-,23,24,25,27,29,30)/p+1. The summed E-state index contributed by atoms with van der Waals surface area (Å²) in [5.74, 6) is -0.168. The Hall–Kier alpha value is -2.58. The highest BCUT2D eigenvalue weighted by atomic mass is 35.5. The van der Waals surface area contributed by atoms with Crippen molar-refractivity contribution in [2.24, 2.45) is 0 Å². The number of carbonyl (C=O) groups is 1. The summed E-state index contributed by atoms with van der Waals surface area (Å²) in [6.07, 6.45) is 3.91. The van der Waals surface area contributed by atoms with E-state index in [9.17, 15) is 9.90 Å². The lowest BCUT2D eigenvalue weighted by Crippen LogP contribution is -2.54. The first-order valence-corrected chi connectivity index (χ1v) is 10.5. The van der Waals surface area contributed by atoms with E-state index in [1.165, 1.54) is 5.56 Å². The Morgan fingerprint density at radius 3 is 2.50 bits per heavy atom. The van der Waals surface area contributed by atoms with Gasteiger partial charge in [-0.25, -0.2) is 9.97 Å². The zero-order valence-corrected chi connectivity index (χ0v) is 18.6. The van der Waals surface area contributed by atoms with Crippen LogP contribution in [-0.2, 0) is 6.42 Å². The minimum atomic E-state index is -0.410. The number of hydrogen-bond acceptors (Lipinski definition) is 6. The van der Waals surface area contributed by atoms with Gasteiger partial charge in [-0.2, -0.15) is 0 Å². The van der Waals surface area contributed by atoms with Crippen LogP contribution in [0.2, 0.25) is 5.15 Å².